The van der Waals surface area contributed by atoms with Crippen LogP contribution in [-0.4, -0.2) is 54.2 Å². The van der Waals surface area contributed by atoms with Crippen molar-refractivity contribution in [1.29, 1.82) is 0 Å². The van der Waals surface area contributed by atoms with E-state index in [1.807, 2.05) is 17.8 Å². The second kappa shape index (κ2) is 13.3. The average molecular weight is 583 g/mol. The summed E-state index contributed by atoms with van der Waals surface area (Å²) in [6.45, 7) is 3.77. The van der Waals surface area contributed by atoms with E-state index in [9.17, 15) is 14.4 Å². The number of carbonyl (C=O) groups is 3. The van der Waals surface area contributed by atoms with Crippen molar-refractivity contribution in [2.24, 2.45) is 0 Å². The Bertz CT molecular complexity index is 1230. The Labute approximate surface area is 245 Å². The van der Waals surface area contributed by atoms with Crippen LogP contribution in [-0.2, 0) is 46.2 Å². The third kappa shape index (κ3) is 7.63. The zero-order chi connectivity index (χ0) is 28.9. The second-order valence-corrected chi connectivity index (χ2v) is 12.4. The fourth-order valence-corrected chi connectivity index (χ4v) is 7.39. The molecule has 1 saturated carbocycles. The Balaban J connectivity index is 1.44. The Kier molecular flexibility index (Phi) is 9.55. The number of fused-ring (bicyclic) bond motifs is 1. The highest BCUT2D eigenvalue weighted by Crippen LogP contribution is 2.42. The summed E-state index contributed by atoms with van der Waals surface area (Å²) in [5, 5.41) is 0.424. The molecule has 3 aliphatic rings. The van der Waals surface area contributed by atoms with Crippen molar-refractivity contribution in [3.05, 3.63) is 59.2 Å². The van der Waals surface area contributed by atoms with Crippen LogP contribution in [0.15, 0.2) is 47.4 Å². The van der Waals surface area contributed by atoms with Gasteiger partial charge in [-0.1, -0.05) is 24.3 Å². The topological polar surface area (TPSA) is 97.4 Å². The molecule has 8 nitrogen and oxygen atoms in total. The van der Waals surface area contributed by atoms with Gasteiger partial charge in [0, 0.05) is 42.9 Å². The van der Waals surface area contributed by atoms with E-state index in [4.69, 9.17) is 23.7 Å². The quantitative estimate of drug-likeness (QED) is 0.279. The zero-order valence-electron chi connectivity index (χ0n) is 23.8. The summed E-state index contributed by atoms with van der Waals surface area (Å²) in [5.41, 5.74) is 3.41. The highest BCUT2D eigenvalue weighted by atomic mass is 32.2. The molecule has 5 rings (SSSR count). The first-order valence-corrected chi connectivity index (χ1v) is 15.3. The Morgan fingerprint density at radius 2 is 1.71 bits per heavy atom. The molecule has 2 aliphatic heterocycles. The molecule has 4 unspecified atom stereocenters. The minimum absolute atomic E-state index is 0.137. The minimum atomic E-state index is -0.914. The summed E-state index contributed by atoms with van der Waals surface area (Å²) in [6, 6.07) is 14.8. The SMILES string of the molecule is CC(=O)OCC1OC(c2cc(CC3Cc4ccccc4S3)ccc2OC2CCCC2)CC(OC(C)=O)[C@@H]1OC(C)=O. The maximum Gasteiger partial charge on any atom is 0.303 e. The van der Waals surface area contributed by atoms with Gasteiger partial charge in [0.2, 0.25) is 0 Å². The molecule has 2 aromatic carbocycles. The fourth-order valence-electron chi connectivity index (χ4n) is 6.03. The lowest BCUT2D eigenvalue weighted by Gasteiger charge is -2.40. The molecular weight excluding hydrogens is 544 g/mol. The molecule has 0 amide bonds. The number of hydrogen-bond acceptors (Lipinski definition) is 9. The predicted molar refractivity (Wildman–Crippen MR) is 153 cm³/mol. The van der Waals surface area contributed by atoms with E-state index in [0.29, 0.717) is 5.25 Å². The van der Waals surface area contributed by atoms with Gasteiger partial charge in [0.05, 0.1) is 12.2 Å². The van der Waals surface area contributed by atoms with Gasteiger partial charge < -0.3 is 23.7 Å². The van der Waals surface area contributed by atoms with Crippen molar-refractivity contribution >= 4 is 29.7 Å². The molecule has 2 fully saturated rings. The van der Waals surface area contributed by atoms with Crippen molar-refractivity contribution < 1.29 is 38.1 Å². The highest BCUT2D eigenvalue weighted by molar-refractivity contribution is 8.00. The van der Waals surface area contributed by atoms with Gasteiger partial charge in [0.15, 0.2) is 6.10 Å². The van der Waals surface area contributed by atoms with Crippen molar-refractivity contribution in [3.63, 3.8) is 0 Å². The number of rotatable bonds is 9. The monoisotopic (exact) mass is 582 g/mol. The van der Waals surface area contributed by atoms with Crippen molar-refractivity contribution in [3.8, 4) is 5.75 Å². The normalized spacial score (nSPS) is 25.8. The van der Waals surface area contributed by atoms with E-state index in [2.05, 4.69) is 36.4 Å². The van der Waals surface area contributed by atoms with E-state index in [1.54, 1.807) is 0 Å². The van der Waals surface area contributed by atoms with Crippen molar-refractivity contribution in [1.82, 2.24) is 0 Å². The van der Waals surface area contributed by atoms with Gasteiger partial charge in [-0.2, -0.15) is 0 Å². The number of carbonyl (C=O) groups excluding carboxylic acids is 3. The molecule has 2 heterocycles. The van der Waals surface area contributed by atoms with E-state index in [0.717, 1.165) is 55.4 Å². The molecule has 0 N–H and O–H groups in total. The van der Waals surface area contributed by atoms with Gasteiger partial charge in [0.1, 0.15) is 24.6 Å². The molecule has 5 atom stereocenters. The van der Waals surface area contributed by atoms with Gasteiger partial charge in [0.25, 0.3) is 0 Å². The largest absolute Gasteiger partial charge is 0.490 e. The molecule has 0 radical (unpaired) electrons. The molecule has 0 aromatic heterocycles. The molecule has 0 spiro atoms. The lowest BCUT2D eigenvalue weighted by Crippen LogP contribution is -2.51. The summed E-state index contributed by atoms with van der Waals surface area (Å²) in [5.74, 6) is -0.771. The third-order valence-corrected chi connectivity index (χ3v) is 9.10. The first kappa shape index (κ1) is 29.5. The Hall–Kier alpha value is -3.04. The van der Waals surface area contributed by atoms with Crippen molar-refractivity contribution in [2.45, 2.75) is 106 Å². The Morgan fingerprint density at radius 1 is 0.951 bits per heavy atom. The number of hydrogen-bond donors (Lipinski definition) is 0. The molecule has 220 valence electrons. The smallest absolute Gasteiger partial charge is 0.303 e. The summed E-state index contributed by atoms with van der Waals surface area (Å²) in [7, 11) is 0. The standard InChI is InChI=1S/C32H38O8S/c1-19(33)36-18-30-32(38-21(3)35)29(37-20(2)34)17-28(40-30)26-15-22(12-13-27(26)39-24-9-5-6-10-24)14-25-16-23-8-4-7-11-31(23)41-25/h4,7-8,11-13,15,24-25,28-30,32H,5-6,9-10,14,16-18H2,1-3H3/t25?,28?,29?,30?,32-/m0/s1. The van der Waals surface area contributed by atoms with Gasteiger partial charge >= 0.3 is 17.9 Å². The maximum atomic E-state index is 12.1. The summed E-state index contributed by atoms with van der Waals surface area (Å²) < 4.78 is 29.5. The third-order valence-electron chi connectivity index (χ3n) is 7.78. The number of ether oxygens (including phenoxy) is 5. The number of benzene rings is 2. The molecular formula is C32H38O8S. The predicted octanol–water partition coefficient (Wildman–Crippen LogP) is 5.52. The van der Waals surface area contributed by atoms with E-state index < -0.39 is 42.3 Å². The lowest BCUT2D eigenvalue weighted by atomic mass is 9.91. The van der Waals surface area contributed by atoms with Crippen LogP contribution in [0.5, 0.6) is 5.75 Å². The van der Waals surface area contributed by atoms with E-state index in [1.165, 1.54) is 31.2 Å². The molecule has 1 aliphatic carbocycles. The average Bonchev–Trinajstić information content (AvgIpc) is 3.58. The molecule has 0 bridgehead atoms. The van der Waals surface area contributed by atoms with Crippen LogP contribution in [0.3, 0.4) is 0 Å². The van der Waals surface area contributed by atoms with Crippen LogP contribution in [0.1, 0.15) is 75.7 Å². The van der Waals surface area contributed by atoms with Crippen molar-refractivity contribution in [2.75, 3.05) is 6.61 Å². The first-order valence-electron chi connectivity index (χ1n) is 14.4. The summed E-state index contributed by atoms with van der Waals surface area (Å²) in [4.78, 5) is 37.1. The van der Waals surface area contributed by atoms with Gasteiger partial charge in [-0.25, -0.2) is 0 Å². The first-order chi connectivity index (χ1) is 19.7. The van der Waals surface area contributed by atoms with Crippen LogP contribution in [0.4, 0.5) is 0 Å². The summed E-state index contributed by atoms with van der Waals surface area (Å²) in [6.07, 6.45) is 3.53. The van der Waals surface area contributed by atoms with Gasteiger partial charge in [-0.15, -0.1) is 11.8 Å². The molecule has 1 saturated heterocycles. The van der Waals surface area contributed by atoms with Crippen LogP contribution < -0.4 is 4.74 Å². The fraction of sp³-hybridized carbons (Fsp3) is 0.531. The number of esters is 3. The second-order valence-electron chi connectivity index (χ2n) is 11.1. The van der Waals surface area contributed by atoms with Crippen LogP contribution in [0, 0.1) is 0 Å². The van der Waals surface area contributed by atoms with Crippen LogP contribution in [0.25, 0.3) is 0 Å². The zero-order valence-corrected chi connectivity index (χ0v) is 24.7. The molecule has 41 heavy (non-hydrogen) atoms. The van der Waals surface area contributed by atoms with E-state index in [-0.39, 0.29) is 19.1 Å². The van der Waals surface area contributed by atoms with Gasteiger partial charge in [-0.3, -0.25) is 14.4 Å². The lowest BCUT2D eigenvalue weighted by molar-refractivity contribution is -0.216. The maximum absolute atomic E-state index is 12.1. The van der Waals surface area contributed by atoms with Crippen LogP contribution in [0.2, 0.25) is 0 Å². The minimum Gasteiger partial charge on any atom is -0.490 e. The molecule has 2 aromatic rings. The summed E-state index contributed by atoms with van der Waals surface area (Å²) >= 11 is 1.91. The molecule has 9 heteroatoms. The van der Waals surface area contributed by atoms with Crippen LogP contribution >= 0.6 is 11.8 Å². The van der Waals surface area contributed by atoms with E-state index >= 15 is 0 Å². The Morgan fingerprint density at radius 3 is 2.41 bits per heavy atom. The highest BCUT2D eigenvalue weighted by Gasteiger charge is 2.45. The number of thioether (sulfide) groups is 1. The van der Waals surface area contributed by atoms with Gasteiger partial charge in [-0.05, 0) is 67.9 Å².